The minimum Gasteiger partial charge on any atom is -0.103 e. The van der Waals surface area contributed by atoms with Crippen LogP contribution in [-0.2, 0) is 0 Å². The van der Waals surface area contributed by atoms with Gasteiger partial charge in [0.15, 0.2) is 0 Å². The fourth-order valence-electron chi connectivity index (χ4n) is 1.97. The lowest BCUT2D eigenvalue weighted by atomic mass is 10.6. The maximum Gasteiger partial charge on any atom is 0.0648 e. The Kier molecular flexibility index (Phi) is 4.30. The van der Waals surface area contributed by atoms with Crippen molar-refractivity contribution in [2.24, 2.45) is 0 Å². The molecular weight excluding hydrogens is 228 g/mol. The lowest BCUT2D eigenvalue weighted by Crippen LogP contribution is -2.29. The van der Waals surface area contributed by atoms with Gasteiger partial charge in [-0.15, -0.1) is 6.58 Å². The van der Waals surface area contributed by atoms with Gasteiger partial charge in [-0.3, -0.25) is 0 Å². The first-order valence-corrected chi connectivity index (χ1v) is 8.60. The van der Waals surface area contributed by atoms with Gasteiger partial charge in [-0.05, 0) is 24.6 Å². The molecule has 0 radical (unpaired) electrons. The smallest absolute Gasteiger partial charge is 0.0648 e. The molecule has 0 saturated carbocycles. The molecule has 0 atom stereocenters. The van der Waals surface area contributed by atoms with Gasteiger partial charge in [-0.1, -0.05) is 40.2 Å². The largest absolute Gasteiger partial charge is 0.103 e. The maximum atomic E-state index is 3.87. The first kappa shape index (κ1) is 10.3. The van der Waals surface area contributed by atoms with E-state index in [-0.39, 0.29) is 0 Å². The summed E-state index contributed by atoms with van der Waals surface area (Å²) < 4.78 is 0. The standard InChI is InChI=1S/C10H17BrSi/c1-2-7-12(10-5-6-11)8-3-4-9-12/h2-4H,1,5-10H2. The van der Waals surface area contributed by atoms with Gasteiger partial charge in [0.05, 0.1) is 8.07 Å². The van der Waals surface area contributed by atoms with Gasteiger partial charge in [0.2, 0.25) is 0 Å². The van der Waals surface area contributed by atoms with Crippen molar-refractivity contribution < 1.29 is 0 Å². The zero-order valence-electron chi connectivity index (χ0n) is 7.56. The molecule has 2 heteroatoms. The molecule has 1 aliphatic heterocycles. The van der Waals surface area contributed by atoms with E-state index in [0.717, 1.165) is 0 Å². The summed E-state index contributed by atoms with van der Waals surface area (Å²) >= 11 is 3.51. The molecule has 0 saturated heterocycles. The Balaban J connectivity index is 2.42. The van der Waals surface area contributed by atoms with Gasteiger partial charge in [0.25, 0.3) is 0 Å². The third-order valence-corrected chi connectivity index (χ3v) is 8.02. The quantitative estimate of drug-likeness (QED) is 0.390. The van der Waals surface area contributed by atoms with E-state index >= 15 is 0 Å². The molecule has 0 fully saturated rings. The molecule has 0 amide bonds. The van der Waals surface area contributed by atoms with Crippen molar-refractivity contribution in [3.05, 3.63) is 24.8 Å². The van der Waals surface area contributed by atoms with Crippen LogP contribution in [0.5, 0.6) is 0 Å². The molecule has 12 heavy (non-hydrogen) atoms. The number of alkyl halides is 1. The SMILES string of the molecule is C=CC[Si]1(CCCBr)CC=CC1. The van der Waals surface area contributed by atoms with E-state index in [0.29, 0.717) is 0 Å². The van der Waals surface area contributed by atoms with E-state index < -0.39 is 8.07 Å². The zero-order chi connectivity index (χ0) is 8.86. The summed E-state index contributed by atoms with van der Waals surface area (Å²) in [5, 5.41) is 1.17. The summed E-state index contributed by atoms with van der Waals surface area (Å²) in [7, 11) is -0.912. The Hall–Kier alpha value is 0.177. The van der Waals surface area contributed by atoms with Crippen molar-refractivity contribution >= 4 is 24.0 Å². The summed E-state index contributed by atoms with van der Waals surface area (Å²) in [5.41, 5.74) is 0. The fraction of sp³-hybridized carbons (Fsp3) is 0.600. The third-order valence-electron chi connectivity index (χ3n) is 2.69. The van der Waals surface area contributed by atoms with E-state index in [2.05, 4.69) is 40.7 Å². The van der Waals surface area contributed by atoms with E-state index in [9.17, 15) is 0 Å². The van der Waals surface area contributed by atoms with Crippen molar-refractivity contribution in [3.8, 4) is 0 Å². The van der Waals surface area contributed by atoms with E-state index in [1.807, 2.05) is 0 Å². The number of rotatable bonds is 5. The van der Waals surface area contributed by atoms with E-state index in [1.54, 1.807) is 0 Å². The molecule has 0 spiro atoms. The highest BCUT2D eigenvalue weighted by Gasteiger charge is 2.30. The molecule has 0 bridgehead atoms. The van der Waals surface area contributed by atoms with Gasteiger partial charge in [-0.25, -0.2) is 0 Å². The molecule has 0 aromatic heterocycles. The van der Waals surface area contributed by atoms with Crippen LogP contribution in [0.1, 0.15) is 6.42 Å². The molecular formula is C10H17BrSi. The summed E-state index contributed by atoms with van der Waals surface area (Å²) in [5.74, 6) is 0. The summed E-state index contributed by atoms with van der Waals surface area (Å²) in [6, 6.07) is 5.57. The molecule has 0 aliphatic carbocycles. The predicted octanol–water partition coefficient (Wildman–Crippen LogP) is 3.98. The first-order valence-electron chi connectivity index (χ1n) is 4.65. The van der Waals surface area contributed by atoms with Gasteiger partial charge in [-0.2, -0.15) is 0 Å². The van der Waals surface area contributed by atoms with Crippen molar-refractivity contribution in [2.45, 2.75) is 30.6 Å². The topological polar surface area (TPSA) is 0 Å². The zero-order valence-corrected chi connectivity index (χ0v) is 10.1. The second kappa shape index (κ2) is 5.03. The lowest BCUT2D eigenvalue weighted by molar-refractivity contribution is 1.05. The normalized spacial score (nSPS) is 19.8. The first-order chi connectivity index (χ1) is 5.83. The molecule has 0 nitrogen and oxygen atoms in total. The van der Waals surface area contributed by atoms with Gasteiger partial charge in [0.1, 0.15) is 0 Å². The molecule has 1 aliphatic rings. The van der Waals surface area contributed by atoms with Gasteiger partial charge < -0.3 is 0 Å². The van der Waals surface area contributed by atoms with Crippen molar-refractivity contribution in [1.82, 2.24) is 0 Å². The third kappa shape index (κ3) is 2.59. The molecule has 0 aromatic carbocycles. The Morgan fingerprint density at radius 1 is 1.42 bits per heavy atom. The van der Waals surface area contributed by atoms with Crippen LogP contribution in [0.25, 0.3) is 0 Å². The van der Waals surface area contributed by atoms with Crippen LogP contribution in [0.2, 0.25) is 24.2 Å². The fourth-order valence-corrected chi connectivity index (χ4v) is 6.75. The minimum atomic E-state index is -0.912. The van der Waals surface area contributed by atoms with Crippen LogP contribution >= 0.6 is 15.9 Å². The van der Waals surface area contributed by atoms with Crippen LogP contribution in [0.3, 0.4) is 0 Å². The van der Waals surface area contributed by atoms with Gasteiger partial charge in [0, 0.05) is 5.33 Å². The second-order valence-electron chi connectivity index (χ2n) is 3.66. The molecule has 0 N–H and O–H groups in total. The number of hydrogen-bond donors (Lipinski definition) is 0. The Morgan fingerprint density at radius 2 is 2.08 bits per heavy atom. The van der Waals surface area contributed by atoms with E-state index in [4.69, 9.17) is 0 Å². The average molecular weight is 245 g/mol. The van der Waals surface area contributed by atoms with Crippen molar-refractivity contribution in [3.63, 3.8) is 0 Å². The molecule has 0 unspecified atom stereocenters. The highest BCUT2D eigenvalue weighted by atomic mass is 79.9. The Morgan fingerprint density at radius 3 is 2.58 bits per heavy atom. The van der Waals surface area contributed by atoms with Crippen LogP contribution in [-0.4, -0.2) is 13.4 Å². The highest BCUT2D eigenvalue weighted by molar-refractivity contribution is 9.09. The summed E-state index contributed by atoms with van der Waals surface area (Å²) in [6.45, 7) is 3.87. The van der Waals surface area contributed by atoms with Crippen LogP contribution in [0.15, 0.2) is 24.8 Å². The minimum absolute atomic E-state index is 0.912. The summed E-state index contributed by atoms with van der Waals surface area (Å²) in [6.07, 6.45) is 8.24. The van der Waals surface area contributed by atoms with Crippen LogP contribution in [0.4, 0.5) is 0 Å². The van der Waals surface area contributed by atoms with Crippen LogP contribution < -0.4 is 0 Å². The molecule has 1 rings (SSSR count). The average Bonchev–Trinajstić information content (AvgIpc) is 2.51. The van der Waals surface area contributed by atoms with E-state index in [1.165, 1.54) is 35.9 Å². The van der Waals surface area contributed by atoms with Crippen molar-refractivity contribution in [2.75, 3.05) is 5.33 Å². The molecule has 0 aromatic rings. The van der Waals surface area contributed by atoms with Gasteiger partial charge >= 0.3 is 0 Å². The second-order valence-corrected chi connectivity index (χ2v) is 9.18. The molecule has 1 heterocycles. The predicted molar refractivity (Wildman–Crippen MR) is 62.7 cm³/mol. The number of halogens is 1. The highest BCUT2D eigenvalue weighted by Crippen LogP contribution is 2.33. The van der Waals surface area contributed by atoms with Crippen LogP contribution in [0, 0.1) is 0 Å². The monoisotopic (exact) mass is 244 g/mol. The van der Waals surface area contributed by atoms with Crippen molar-refractivity contribution in [1.29, 1.82) is 0 Å². The Bertz CT molecular complexity index is 167. The maximum absolute atomic E-state index is 3.87. The number of hydrogen-bond acceptors (Lipinski definition) is 0. The molecule has 68 valence electrons. The lowest BCUT2D eigenvalue weighted by Gasteiger charge is -2.24. The Labute approximate surface area is 84.9 Å². The number of allylic oxidation sites excluding steroid dienone is 3. The summed E-state index contributed by atoms with van der Waals surface area (Å²) in [4.78, 5) is 0.